The van der Waals surface area contributed by atoms with Gasteiger partial charge in [-0.05, 0) is 41.8 Å². The normalized spacial score (nSPS) is 13.8. The number of aryl methyl sites for hydroxylation is 1. The van der Waals surface area contributed by atoms with Crippen LogP contribution in [0.15, 0.2) is 77.4 Å². The fourth-order valence-electron chi connectivity index (χ4n) is 4.26. The Morgan fingerprint density at radius 1 is 0.892 bits per heavy atom. The summed E-state index contributed by atoms with van der Waals surface area (Å²) in [7, 11) is 0. The number of morpholine rings is 1. The van der Waals surface area contributed by atoms with Gasteiger partial charge in [0.25, 0.3) is 0 Å². The van der Waals surface area contributed by atoms with Crippen molar-refractivity contribution in [2.75, 3.05) is 51.3 Å². The van der Waals surface area contributed by atoms with Crippen molar-refractivity contribution >= 4 is 17.6 Å². The van der Waals surface area contributed by atoms with Gasteiger partial charge in [-0.25, -0.2) is 4.79 Å². The monoisotopic (exact) mass is 504 g/mol. The van der Waals surface area contributed by atoms with Crippen LogP contribution in [0.4, 0.5) is 10.5 Å². The number of nitrogens with one attached hydrogen (secondary N) is 1. The molecule has 1 fully saturated rings. The third-order valence-electron chi connectivity index (χ3n) is 6.51. The Balaban J connectivity index is 1.47. The highest BCUT2D eigenvalue weighted by Crippen LogP contribution is 2.14. The van der Waals surface area contributed by atoms with Crippen LogP contribution in [0.5, 0.6) is 0 Å². The first-order valence-corrected chi connectivity index (χ1v) is 12.9. The van der Waals surface area contributed by atoms with Crippen molar-refractivity contribution in [2.45, 2.75) is 26.4 Å². The van der Waals surface area contributed by atoms with Crippen LogP contribution in [0, 0.1) is 0 Å². The Morgan fingerprint density at radius 2 is 1.65 bits per heavy atom. The van der Waals surface area contributed by atoms with E-state index in [0.717, 1.165) is 25.1 Å². The molecular formula is C29H36N4O4. The number of amides is 3. The minimum atomic E-state index is -0.288. The lowest BCUT2D eigenvalue weighted by molar-refractivity contribution is -0.133. The number of hydrogen-bond donors (Lipinski definition) is 1. The highest BCUT2D eigenvalue weighted by atomic mass is 16.5. The van der Waals surface area contributed by atoms with Crippen molar-refractivity contribution in [3.63, 3.8) is 0 Å². The number of hydrogen-bond acceptors (Lipinski definition) is 5. The molecule has 3 aromatic rings. The van der Waals surface area contributed by atoms with Crippen molar-refractivity contribution in [3.8, 4) is 0 Å². The Hall–Kier alpha value is -3.62. The Labute approximate surface area is 218 Å². The molecule has 0 bridgehead atoms. The molecule has 37 heavy (non-hydrogen) atoms. The third-order valence-corrected chi connectivity index (χ3v) is 6.51. The van der Waals surface area contributed by atoms with E-state index in [0.29, 0.717) is 50.8 Å². The molecule has 8 nitrogen and oxygen atoms in total. The van der Waals surface area contributed by atoms with Crippen molar-refractivity contribution < 1.29 is 18.7 Å². The second-order valence-corrected chi connectivity index (χ2v) is 9.17. The first-order valence-electron chi connectivity index (χ1n) is 12.9. The molecule has 196 valence electrons. The van der Waals surface area contributed by atoms with Gasteiger partial charge in [0.2, 0.25) is 5.91 Å². The molecule has 0 unspecified atom stereocenters. The maximum Gasteiger partial charge on any atom is 0.322 e. The largest absolute Gasteiger partial charge is 0.467 e. The first kappa shape index (κ1) is 26.4. The quantitative estimate of drug-likeness (QED) is 0.423. The summed E-state index contributed by atoms with van der Waals surface area (Å²) in [6.07, 6.45) is 2.54. The summed E-state index contributed by atoms with van der Waals surface area (Å²) in [5.74, 6) is 0.559. The summed E-state index contributed by atoms with van der Waals surface area (Å²) in [6.45, 7) is 6.94. The molecule has 0 atom stereocenters. The van der Waals surface area contributed by atoms with Crippen LogP contribution in [0.3, 0.4) is 0 Å². The molecule has 2 heterocycles. The molecule has 1 N–H and O–H groups in total. The van der Waals surface area contributed by atoms with E-state index in [1.165, 1.54) is 5.56 Å². The highest BCUT2D eigenvalue weighted by Gasteiger charge is 2.24. The van der Waals surface area contributed by atoms with E-state index in [2.05, 4.69) is 17.1 Å². The lowest BCUT2D eigenvalue weighted by atomic mass is 10.1. The molecule has 8 heteroatoms. The lowest BCUT2D eigenvalue weighted by Gasteiger charge is -2.31. The molecule has 1 aliphatic rings. The van der Waals surface area contributed by atoms with Crippen molar-refractivity contribution in [1.29, 1.82) is 0 Å². The predicted molar refractivity (Wildman–Crippen MR) is 143 cm³/mol. The van der Waals surface area contributed by atoms with Gasteiger partial charge >= 0.3 is 6.03 Å². The molecule has 3 amide bonds. The number of carbonyl (C=O) groups excluding carboxylic acids is 2. The molecule has 0 saturated carbocycles. The van der Waals surface area contributed by atoms with Gasteiger partial charge < -0.3 is 24.3 Å². The average Bonchev–Trinajstić information content (AvgIpc) is 3.45. The van der Waals surface area contributed by atoms with E-state index in [4.69, 9.17) is 9.15 Å². The van der Waals surface area contributed by atoms with E-state index in [9.17, 15) is 9.59 Å². The number of anilines is 1. The molecular weight excluding hydrogens is 468 g/mol. The SMILES string of the molecule is CCc1ccc(NC(=O)N(CCN2CCOCC2)CC(=O)N(Cc2ccccc2)Cc2ccco2)cc1. The first-order chi connectivity index (χ1) is 18.1. The molecule has 0 aliphatic carbocycles. The Kier molecular flexibility index (Phi) is 9.74. The Morgan fingerprint density at radius 3 is 2.32 bits per heavy atom. The van der Waals surface area contributed by atoms with Gasteiger partial charge in [-0.1, -0.05) is 49.4 Å². The van der Waals surface area contributed by atoms with Gasteiger partial charge in [-0.3, -0.25) is 9.69 Å². The summed E-state index contributed by atoms with van der Waals surface area (Å²) in [6, 6.07) is 21.0. The Bertz CT molecular complexity index is 1100. The van der Waals surface area contributed by atoms with Crippen LogP contribution >= 0.6 is 0 Å². The smallest absolute Gasteiger partial charge is 0.322 e. The number of carbonyl (C=O) groups is 2. The fourth-order valence-corrected chi connectivity index (χ4v) is 4.26. The predicted octanol–water partition coefficient (Wildman–Crippen LogP) is 4.24. The number of ether oxygens (including phenoxy) is 1. The van der Waals surface area contributed by atoms with Crippen LogP contribution < -0.4 is 5.32 Å². The van der Waals surface area contributed by atoms with E-state index in [1.54, 1.807) is 16.1 Å². The van der Waals surface area contributed by atoms with E-state index in [1.807, 2.05) is 66.7 Å². The topological polar surface area (TPSA) is 78.3 Å². The zero-order valence-electron chi connectivity index (χ0n) is 21.5. The van der Waals surface area contributed by atoms with Crippen LogP contribution in [0.25, 0.3) is 0 Å². The maximum atomic E-state index is 13.6. The summed E-state index contributed by atoms with van der Waals surface area (Å²) >= 11 is 0. The van der Waals surface area contributed by atoms with Gasteiger partial charge in [0.1, 0.15) is 12.3 Å². The van der Waals surface area contributed by atoms with Crippen molar-refractivity contribution in [3.05, 3.63) is 89.9 Å². The van der Waals surface area contributed by atoms with Gasteiger partial charge in [0.15, 0.2) is 0 Å². The number of benzene rings is 2. The zero-order valence-corrected chi connectivity index (χ0v) is 21.5. The molecule has 4 rings (SSSR count). The summed E-state index contributed by atoms with van der Waals surface area (Å²) in [5.41, 5.74) is 2.93. The molecule has 0 radical (unpaired) electrons. The number of rotatable bonds is 11. The van der Waals surface area contributed by atoms with Crippen LogP contribution in [-0.2, 0) is 29.0 Å². The summed E-state index contributed by atoms with van der Waals surface area (Å²) < 4.78 is 11.0. The molecule has 0 spiro atoms. The van der Waals surface area contributed by atoms with Gasteiger partial charge in [-0.2, -0.15) is 0 Å². The molecule has 1 aliphatic heterocycles. The van der Waals surface area contributed by atoms with E-state index < -0.39 is 0 Å². The van der Waals surface area contributed by atoms with Gasteiger partial charge in [-0.15, -0.1) is 0 Å². The minimum absolute atomic E-state index is 0.0310. The second-order valence-electron chi connectivity index (χ2n) is 9.17. The zero-order chi connectivity index (χ0) is 25.9. The molecule has 2 aromatic carbocycles. The lowest BCUT2D eigenvalue weighted by Crippen LogP contribution is -2.48. The molecule has 1 saturated heterocycles. The van der Waals surface area contributed by atoms with Gasteiger partial charge in [0.05, 0.1) is 26.0 Å². The van der Waals surface area contributed by atoms with Crippen molar-refractivity contribution in [2.24, 2.45) is 0 Å². The number of nitrogens with zero attached hydrogens (tertiary/aromatic N) is 3. The second kappa shape index (κ2) is 13.6. The summed E-state index contributed by atoms with van der Waals surface area (Å²) in [4.78, 5) is 32.6. The maximum absolute atomic E-state index is 13.6. The standard InChI is InChI=1S/C29H36N4O4/c1-2-24-10-12-26(13-11-24)30-29(35)32(15-14-31-16-19-36-20-17-31)23-28(34)33(22-27-9-6-18-37-27)21-25-7-4-3-5-8-25/h3-13,18H,2,14-17,19-23H2,1H3,(H,30,35). The number of furan rings is 1. The van der Waals surface area contributed by atoms with Crippen molar-refractivity contribution in [1.82, 2.24) is 14.7 Å². The van der Waals surface area contributed by atoms with Crippen LogP contribution in [0.2, 0.25) is 0 Å². The third kappa shape index (κ3) is 8.20. The highest BCUT2D eigenvalue weighted by molar-refractivity contribution is 5.92. The minimum Gasteiger partial charge on any atom is -0.467 e. The number of urea groups is 1. The summed E-state index contributed by atoms with van der Waals surface area (Å²) in [5, 5.41) is 2.98. The van der Waals surface area contributed by atoms with Crippen LogP contribution in [-0.4, -0.2) is 72.6 Å². The average molecular weight is 505 g/mol. The molecule has 1 aromatic heterocycles. The fraction of sp³-hybridized carbons (Fsp3) is 0.379. The van der Waals surface area contributed by atoms with E-state index >= 15 is 0 Å². The van der Waals surface area contributed by atoms with Gasteiger partial charge in [0, 0.05) is 38.4 Å². The van der Waals surface area contributed by atoms with E-state index in [-0.39, 0.29) is 18.5 Å². The van der Waals surface area contributed by atoms with Crippen LogP contribution in [0.1, 0.15) is 23.8 Å².